The van der Waals surface area contributed by atoms with Crippen LogP contribution in [0.3, 0.4) is 0 Å². The summed E-state index contributed by atoms with van der Waals surface area (Å²) in [4.78, 5) is 0. The van der Waals surface area contributed by atoms with Crippen LogP contribution >= 0.6 is 0 Å². The van der Waals surface area contributed by atoms with Gasteiger partial charge in [-0.15, -0.1) is 0 Å². The molecule has 0 atom stereocenters. The van der Waals surface area contributed by atoms with Crippen molar-refractivity contribution in [3.63, 3.8) is 0 Å². The molecular formula is C17H20FNO. The Kier molecular flexibility index (Phi) is 5.13. The number of hydrogen-bond acceptors (Lipinski definition) is 2. The molecule has 0 aromatic heterocycles. The average Bonchev–Trinajstić information content (AvgIpc) is 2.44. The van der Waals surface area contributed by atoms with Crippen LogP contribution in [0.25, 0.3) is 0 Å². The van der Waals surface area contributed by atoms with Gasteiger partial charge in [-0.05, 0) is 35.4 Å². The van der Waals surface area contributed by atoms with Gasteiger partial charge in [-0.3, -0.25) is 0 Å². The van der Waals surface area contributed by atoms with Gasteiger partial charge in [0.2, 0.25) is 0 Å². The van der Waals surface area contributed by atoms with E-state index in [1.165, 1.54) is 17.7 Å². The molecule has 0 saturated heterocycles. The fourth-order valence-electron chi connectivity index (χ4n) is 1.82. The van der Waals surface area contributed by atoms with E-state index < -0.39 is 0 Å². The first-order chi connectivity index (χ1) is 9.63. The smallest absolute Gasteiger partial charge is 0.123 e. The van der Waals surface area contributed by atoms with Crippen LogP contribution < -0.4 is 10.1 Å². The fourth-order valence-corrected chi connectivity index (χ4v) is 1.82. The number of halogens is 1. The molecule has 2 aromatic rings. The molecule has 106 valence electrons. The third-order valence-corrected chi connectivity index (χ3v) is 2.93. The molecule has 2 rings (SSSR count). The molecule has 0 aliphatic rings. The molecular weight excluding hydrogens is 253 g/mol. The molecule has 0 unspecified atom stereocenters. The molecule has 20 heavy (non-hydrogen) atoms. The van der Waals surface area contributed by atoms with Gasteiger partial charge in [0.05, 0.1) is 0 Å². The Balaban J connectivity index is 1.87. The fraction of sp³-hybridized carbons (Fsp3) is 0.294. The lowest BCUT2D eigenvalue weighted by Crippen LogP contribution is -2.21. The van der Waals surface area contributed by atoms with E-state index in [0.29, 0.717) is 12.6 Å². The first-order valence-corrected chi connectivity index (χ1v) is 6.83. The Bertz CT molecular complexity index is 537. The molecule has 0 saturated carbocycles. The number of nitrogens with one attached hydrogen (secondary N) is 1. The van der Waals surface area contributed by atoms with Crippen LogP contribution in [0.2, 0.25) is 0 Å². The zero-order valence-corrected chi connectivity index (χ0v) is 11.9. The highest BCUT2D eigenvalue weighted by Crippen LogP contribution is 2.14. The standard InChI is InChI=1S/C17H20FNO/c1-13(2)19-11-14-6-8-17(9-7-14)20-12-15-4-3-5-16(18)10-15/h3-10,13,19H,11-12H2,1-2H3. The van der Waals surface area contributed by atoms with Crippen LogP contribution in [0, 0.1) is 5.82 Å². The largest absolute Gasteiger partial charge is 0.489 e. The maximum atomic E-state index is 13.0. The van der Waals surface area contributed by atoms with Crippen molar-refractivity contribution in [2.24, 2.45) is 0 Å². The predicted octanol–water partition coefficient (Wildman–Crippen LogP) is 3.90. The van der Waals surface area contributed by atoms with Crippen molar-refractivity contribution in [2.45, 2.75) is 33.0 Å². The second kappa shape index (κ2) is 7.06. The van der Waals surface area contributed by atoms with Crippen molar-refractivity contribution in [1.82, 2.24) is 5.32 Å². The second-order valence-corrected chi connectivity index (χ2v) is 5.10. The van der Waals surface area contributed by atoms with E-state index in [-0.39, 0.29) is 5.82 Å². The van der Waals surface area contributed by atoms with Crippen LogP contribution in [0.4, 0.5) is 4.39 Å². The van der Waals surface area contributed by atoms with Gasteiger partial charge in [-0.25, -0.2) is 4.39 Å². The molecule has 2 aromatic carbocycles. The monoisotopic (exact) mass is 273 g/mol. The molecule has 0 aliphatic carbocycles. The van der Waals surface area contributed by atoms with Crippen LogP contribution in [-0.2, 0) is 13.2 Å². The summed E-state index contributed by atoms with van der Waals surface area (Å²) < 4.78 is 18.7. The van der Waals surface area contributed by atoms with E-state index in [2.05, 4.69) is 19.2 Å². The topological polar surface area (TPSA) is 21.3 Å². The number of rotatable bonds is 6. The molecule has 0 heterocycles. The quantitative estimate of drug-likeness (QED) is 0.861. The maximum Gasteiger partial charge on any atom is 0.123 e. The van der Waals surface area contributed by atoms with Crippen molar-refractivity contribution < 1.29 is 9.13 Å². The SMILES string of the molecule is CC(C)NCc1ccc(OCc2cccc(F)c2)cc1. The highest BCUT2D eigenvalue weighted by molar-refractivity contribution is 5.27. The summed E-state index contributed by atoms with van der Waals surface area (Å²) in [5.74, 6) is 0.559. The summed E-state index contributed by atoms with van der Waals surface area (Å²) in [6.07, 6.45) is 0. The van der Waals surface area contributed by atoms with Crippen LogP contribution in [0.1, 0.15) is 25.0 Å². The van der Waals surface area contributed by atoms with Gasteiger partial charge in [0.25, 0.3) is 0 Å². The van der Waals surface area contributed by atoms with Crippen LogP contribution in [-0.4, -0.2) is 6.04 Å². The zero-order chi connectivity index (χ0) is 14.4. The van der Waals surface area contributed by atoms with Crippen molar-refractivity contribution in [3.8, 4) is 5.75 Å². The normalized spacial score (nSPS) is 10.8. The van der Waals surface area contributed by atoms with E-state index in [0.717, 1.165) is 17.9 Å². The van der Waals surface area contributed by atoms with Gasteiger partial charge in [-0.1, -0.05) is 38.1 Å². The van der Waals surface area contributed by atoms with Crippen molar-refractivity contribution in [3.05, 3.63) is 65.5 Å². The highest BCUT2D eigenvalue weighted by atomic mass is 19.1. The summed E-state index contributed by atoms with van der Waals surface area (Å²) in [7, 11) is 0. The van der Waals surface area contributed by atoms with E-state index in [4.69, 9.17) is 4.74 Å². The maximum absolute atomic E-state index is 13.0. The van der Waals surface area contributed by atoms with Gasteiger partial charge < -0.3 is 10.1 Å². The molecule has 0 amide bonds. The molecule has 0 bridgehead atoms. The number of ether oxygens (including phenoxy) is 1. The lowest BCUT2D eigenvalue weighted by atomic mass is 10.2. The summed E-state index contributed by atoms with van der Waals surface area (Å²) in [6.45, 7) is 5.47. The van der Waals surface area contributed by atoms with Crippen molar-refractivity contribution >= 4 is 0 Å². The van der Waals surface area contributed by atoms with Crippen LogP contribution in [0.15, 0.2) is 48.5 Å². The average molecular weight is 273 g/mol. The predicted molar refractivity (Wildman–Crippen MR) is 79.1 cm³/mol. The molecule has 0 spiro atoms. The lowest BCUT2D eigenvalue weighted by molar-refractivity contribution is 0.305. The Hall–Kier alpha value is -1.87. The number of benzene rings is 2. The van der Waals surface area contributed by atoms with E-state index in [1.807, 2.05) is 30.3 Å². The minimum Gasteiger partial charge on any atom is -0.489 e. The van der Waals surface area contributed by atoms with Gasteiger partial charge >= 0.3 is 0 Å². The van der Waals surface area contributed by atoms with E-state index in [1.54, 1.807) is 6.07 Å². The summed E-state index contributed by atoms with van der Waals surface area (Å²) in [5.41, 5.74) is 2.05. The molecule has 3 heteroatoms. The van der Waals surface area contributed by atoms with Crippen molar-refractivity contribution in [1.29, 1.82) is 0 Å². The van der Waals surface area contributed by atoms with E-state index in [9.17, 15) is 4.39 Å². The third kappa shape index (κ3) is 4.67. The summed E-state index contributed by atoms with van der Waals surface area (Å²) in [5, 5.41) is 3.36. The zero-order valence-electron chi connectivity index (χ0n) is 11.9. The lowest BCUT2D eigenvalue weighted by Gasteiger charge is -2.10. The number of hydrogen-bond donors (Lipinski definition) is 1. The third-order valence-electron chi connectivity index (χ3n) is 2.93. The van der Waals surface area contributed by atoms with Gasteiger partial charge in [0.15, 0.2) is 0 Å². The highest BCUT2D eigenvalue weighted by Gasteiger charge is 1.99. The van der Waals surface area contributed by atoms with Gasteiger partial charge in [0.1, 0.15) is 18.2 Å². The van der Waals surface area contributed by atoms with Gasteiger partial charge in [-0.2, -0.15) is 0 Å². The first kappa shape index (κ1) is 14.5. The summed E-state index contributed by atoms with van der Waals surface area (Å²) >= 11 is 0. The Labute approximate surface area is 119 Å². The molecule has 1 N–H and O–H groups in total. The minimum atomic E-state index is -0.235. The Morgan fingerprint density at radius 1 is 1.05 bits per heavy atom. The molecule has 0 aliphatic heterocycles. The summed E-state index contributed by atoms with van der Waals surface area (Å²) in [6, 6.07) is 14.9. The van der Waals surface area contributed by atoms with Crippen LogP contribution in [0.5, 0.6) is 5.75 Å². The first-order valence-electron chi connectivity index (χ1n) is 6.83. The Morgan fingerprint density at radius 2 is 1.80 bits per heavy atom. The van der Waals surface area contributed by atoms with Gasteiger partial charge in [0, 0.05) is 12.6 Å². The molecule has 2 nitrogen and oxygen atoms in total. The molecule has 0 fully saturated rings. The second-order valence-electron chi connectivity index (χ2n) is 5.10. The minimum absolute atomic E-state index is 0.235. The Morgan fingerprint density at radius 3 is 2.45 bits per heavy atom. The molecule has 0 radical (unpaired) electrons. The van der Waals surface area contributed by atoms with E-state index >= 15 is 0 Å². The van der Waals surface area contributed by atoms with Crippen molar-refractivity contribution in [2.75, 3.05) is 0 Å².